The van der Waals surface area contributed by atoms with Crippen LogP contribution in [0.2, 0.25) is 5.02 Å². The molecule has 2 heterocycles. The second-order valence-corrected chi connectivity index (χ2v) is 6.55. The molecule has 0 saturated carbocycles. The van der Waals surface area contributed by atoms with Gasteiger partial charge in [-0.15, -0.1) is 21.5 Å². The Hall–Kier alpha value is -1.63. The van der Waals surface area contributed by atoms with Crippen molar-refractivity contribution in [1.29, 1.82) is 0 Å². The third-order valence-corrected chi connectivity index (χ3v) is 4.29. The molecule has 4 nitrogen and oxygen atoms in total. The van der Waals surface area contributed by atoms with Crippen molar-refractivity contribution in [3.63, 3.8) is 0 Å². The van der Waals surface area contributed by atoms with Crippen LogP contribution in [0, 0.1) is 0 Å². The van der Waals surface area contributed by atoms with Crippen LogP contribution in [0.15, 0.2) is 44.6 Å². The van der Waals surface area contributed by atoms with E-state index in [1.54, 1.807) is 29.5 Å². The van der Waals surface area contributed by atoms with Gasteiger partial charge < -0.3 is 9.15 Å². The highest BCUT2D eigenvalue weighted by atomic mass is 79.9. The van der Waals surface area contributed by atoms with Gasteiger partial charge in [-0.2, -0.15) is 0 Å². The predicted octanol–water partition coefficient (Wildman–Crippen LogP) is 5.30. The summed E-state index contributed by atoms with van der Waals surface area (Å²) < 4.78 is 11.9. The topological polar surface area (TPSA) is 48.2 Å². The van der Waals surface area contributed by atoms with Crippen molar-refractivity contribution in [3.8, 4) is 5.75 Å². The van der Waals surface area contributed by atoms with E-state index in [0.29, 0.717) is 22.6 Å². The van der Waals surface area contributed by atoms with Crippen molar-refractivity contribution >= 4 is 51.0 Å². The summed E-state index contributed by atoms with van der Waals surface area (Å²) in [6, 6.07) is 9.39. The maximum atomic E-state index is 6.08. The Morgan fingerprint density at radius 3 is 2.95 bits per heavy atom. The normalized spacial score (nSPS) is 11.2. The van der Waals surface area contributed by atoms with E-state index in [2.05, 4.69) is 26.1 Å². The van der Waals surface area contributed by atoms with E-state index in [4.69, 9.17) is 20.8 Å². The second-order valence-electron chi connectivity index (χ2n) is 4.25. The van der Waals surface area contributed by atoms with Gasteiger partial charge in [0.25, 0.3) is 5.89 Å². The van der Waals surface area contributed by atoms with E-state index in [-0.39, 0.29) is 6.61 Å². The molecule has 0 atom stereocenters. The molecule has 0 aliphatic rings. The zero-order valence-corrected chi connectivity index (χ0v) is 14.4. The Labute approximate surface area is 144 Å². The molecule has 0 N–H and O–H groups in total. The molecule has 0 fully saturated rings. The van der Waals surface area contributed by atoms with Crippen LogP contribution in [0.25, 0.3) is 12.2 Å². The highest BCUT2D eigenvalue weighted by Crippen LogP contribution is 2.28. The molecule has 1 aromatic carbocycles. The third-order valence-electron chi connectivity index (χ3n) is 2.66. The minimum Gasteiger partial charge on any atom is -0.482 e. The molecular weight excluding hydrogens is 388 g/mol. The summed E-state index contributed by atoms with van der Waals surface area (Å²) in [6.07, 6.45) is 3.70. The zero-order chi connectivity index (χ0) is 15.4. The summed E-state index contributed by atoms with van der Waals surface area (Å²) in [6.45, 7) is 0.168. The van der Waals surface area contributed by atoms with Crippen LogP contribution in [-0.4, -0.2) is 10.2 Å². The molecule has 22 heavy (non-hydrogen) atoms. The Morgan fingerprint density at radius 1 is 1.27 bits per heavy atom. The number of rotatable bonds is 5. The van der Waals surface area contributed by atoms with Gasteiger partial charge in [-0.3, -0.25) is 0 Å². The van der Waals surface area contributed by atoms with Gasteiger partial charge in [0.2, 0.25) is 5.89 Å². The summed E-state index contributed by atoms with van der Waals surface area (Å²) in [5.41, 5.74) is 0. The smallest absolute Gasteiger partial charge is 0.254 e. The summed E-state index contributed by atoms with van der Waals surface area (Å²) in [4.78, 5) is 1.12. The molecule has 7 heteroatoms. The predicted molar refractivity (Wildman–Crippen MR) is 91.0 cm³/mol. The first-order valence-corrected chi connectivity index (χ1v) is 8.37. The molecular formula is C15H10BrClN2O2S. The number of ether oxygens (including phenoxy) is 1. The highest BCUT2D eigenvalue weighted by Gasteiger charge is 2.07. The molecule has 0 spiro atoms. The highest BCUT2D eigenvalue weighted by molar-refractivity contribution is 9.10. The molecule has 0 aliphatic heterocycles. The van der Waals surface area contributed by atoms with Crippen molar-refractivity contribution in [2.75, 3.05) is 0 Å². The fraction of sp³-hybridized carbons (Fsp3) is 0.0667. The van der Waals surface area contributed by atoms with Crippen molar-refractivity contribution in [2.24, 2.45) is 0 Å². The lowest BCUT2D eigenvalue weighted by molar-refractivity contribution is 0.262. The quantitative estimate of drug-likeness (QED) is 0.586. The van der Waals surface area contributed by atoms with Gasteiger partial charge in [0, 0.05) is 15.4 Å². The maximum absolute atomic E-state index is 6.08. The number of hydrogen-bond donors (Lipinski definition) is 0. The lowest BCUT2D eigenvalue weighted by atomic mass is 10.3. The number of thiophene rings is 1. The second kappa shape index (κ2) is 7.09. The van der Waals surface area contributed by atoms with Crippen LogP contribution in [0.5, 0.6) is 5.75 Å². The maximum Gasteiger partial charge on any atom is 0.254 e. The SMILES string of the molecule is Clc1cc(Br)ccc1OCc1nnc(/C=C/c2cccs2)o1. The van der Waals surface area contributed by atoms with Crippen LogP contribution in [0.4, 0.5) is 0 Å². The first-order valence-electron chi connectivity index (χ1n) is 6.32. The van der Waals surface area contributed by atoms with Gasteiger partial charge in [-0.25, -0.2) is 0 Å². The molecule has 112 valence electrons. The largest absolute Gasteiger partial charge is 0.482 e. The van der Waals surface area contributed by atoms with Crippen LogP contribution >= 0.6 is 38.9 Å². The molecule has 0 bridgehead atoms. The van der Waals surface area contributed by atoms with E-state index >= 15 is 0 Å². The number of nitrogens with zero attached hydrogens (tertiary/aromatic N) is 2. The van der Waals surface area contributed by atoms with E-state index in [9.17, 15) is 0 Å². The standard InChI is InChI=1S/C15H10BrClN2O2S/c16-10-3-5-13(12(17)8-10)20-9-15-19-18-14(21-15)6-4-11-2-1-7-22-11/h1-8H,9H2/b6-4+. The molecule has 0 unspecified atom stereocenters. The van der Waals surface area contributed by atoms with E-state index in [1.807, 2.05) is 29.7 Å². The van der Waals surface area contributed by atoms with Crippen LogP contribution in [0.3, 0.4) is 0 Å². The van der Waals surface area contributed by atoms with Gasteiger partial charge in [0.15, 0.2) is 6.61 Å². The average Bonchev–Trinajstić information content (AvgIpc) is 3.16. The summed E-state index contributed by atoms with van der Waals surface area (Å²) >= 11 is 11.1. The van der Waals surface area contributed by atoms with E-state index in [1.165, 1.54) is 0 Å². The summed E-state index contributed by atoms with van der Waals surface area (Å²) in [5.74, 6) is 1.40. The molecule has 0 radical (unpaired) electrons. The third kappa shape index (κ3) is 3.97. The summed E-state index contributed by atoms with van der Waals surface area (Å²) in [7, 11) is 0. The number of halogens is 2. The van der Waals surface area contributed by atoms with E-state index < -0.39 is 0 Å². The molecule has 3 rings (SSSR count). The van der Waals surface area contributed by atoms with Crippen molar-refractivity contribution in [1.82, 2.24) is 10.2 Å². The summed E-state index contributed by atoms with van der Waals surface area (Å²) in [5, 5.41) is 10.4. The Kier molecular flexibility index (Phi) is 4.92. The Bertz CT molecular complexity index is 787. The van der Waals surface area contributed by atoms with Crippen molar-refractivity contribution in [3.05, 3.63) is 61.9 Å². The molecule has 0 aliphatic carbocycles. The van der Waals surface area contributed by atoms with Crippen LogP contribution < -0.4 is 4.74 Å². The molecule has 0 saturated heterocycles. The van der Waals surface area contributed by atoms with Gasteiger partial charge in [-0.1, -0.05) is 33.6 Å². The van der Waals surface area contributed by atoms with Gasteiger partial charge in [0.05, 0.1) is 5.02 Å². The molecule has 0 amide bonds. The average molecular weight is 398 g/mol. The van der Waals surface area contributed by atoms with Gasteiger partial charge in [-0.05, 0) is 35.7 Å². The first kappa shape index (κ1) is 15.3. The van der Waals surface area contributed by atoms with E-state index in [0.717, 1.165) is 9.35 Å². The fourth-order valence-electron chi connectivity index (χ4n) is 1.66. The number of aromatic nitrogens is 2. The monoisotopic (exact) mass is 396 g/mol. The lowest BCUT2D eigenvalue weighted by Gasteiger charge is -2.05. The van der Waals surface area contributed by atoms with Crippen LogP contribution in [0.1, 0.15) is 16.7 Å². The number of hydrogen-bond acceptors (Lipinski definition) is 5. The van der Waals surface area contributed by atoms with Gasteiger partial charge in [0.1, 0.15) is 5.75 Å². The first-order chi connectivity index (χ1) is 10.7. The fourth-order valence-corrected chi connectivity index (χ4v) is 3.01. The van der Waals surface area contributed by atoms with Crippen LogP contribution in [-0.2, 0) is 6.61 Å². The minimum absolute atomic E-state index is 0.168. The number of benzene rings is 1. The van der Waals surface area contributed by atoms with Gasteiger partial charge >= 0.3 is 0 Å². The van der Waals surface area contributed by atoms with Crippen molar-refractivity contribution < 1.29 is 9.15 Å². The zero-order valence-electron chi connectivity index (χ0n) is 11.2. The molecule has 2 aromatic heterocycles. The Balaban J connectivity index is 1.62. The molecule has 3 aromatic rings. The lowest BCUT2D eigenvalue weighted by Crippen LogP contribution is -1.96. The van der Waals surface area contributed by atoms with Crippen molar-refractivity contribution in [2.45, 2.75) is 6.61 Å². The minimum atomic E-state index is 0.168. The Morgan fingerprint density at radius 2 is 2.18 bits per heavy atom.